The fourth-order valence-corrected chi connectivity index (χ4v) is 2.24. The van der Waals surface area contributed by atoms with Gasteiger partial charge in [-0.3, -0.25) is 14.6 Å². The van der Waals surface area contributed by atoms with E-state index in [0.29, 0.717) is 21.6 Å². The molecular weight excluding hydrogens is 341 g/mol. The summed E-state index contributed by atoms with van der Waals surface area (Å²) >= 11 is 12.0. The molecular formula is C14H13Cl2N5O2. The molecule has 2 amide bonds. The van der Waals surface area contributed by atoms with E-state index >= 15 is 0 Å². The highest BCUT2D eigenvalue weighted by molar-refractivity contribution is 6.39. The summed E-state index contributed by atoms with van der Waals surface area (Å²) in [6.45, 7) is -0.0432. The smallest absolute Gasteiger partial charge is 0.268 e. The van der Waals surface area contributed by atoms with E-state index < -0.39 is 5.91 Å². The first-order chi connectivity index (χ1) is 10.9. The van der Waals surface area contributed by atoms with Crippen LogP contribution in [0.4, 0.5) is 11.5 Å². The van der Waals surface area contributed by atoms with Crippen LogP contribution in [0, 0.1) is 0 Å². The number of likely N-dealkylation sites (N-methyl/N-ethyl adjacent to an activating group) is 1. The third-order valence-electron chi connectivity index (χ3n) is 2.87. The topological polar surface area (TPSA) is 101 Å². The van der Waals surface area contributed by atoms with Gasteiger partial charge in [-0.2, -0.15) is 0 Å². The molecule has 0 unspecified atom stereocenters. The molecule has 2 aromatic rings. The molecule has 1 aromatic carbocycles. The minimum absolute atomic E-state index is 0.0175. The molecule has 0 aliphatic heterocycles. The van der Waals surface area contributed by atoms with Crippen LogP contribution in [0.2, 0.25) is 10.0 Å². The number of benzene rings is 1. The minimum atomic E-state index is -0.694. The summed E-state index contributed by atoms with van der Waals surface area (Å²) in [5, 5.41) is 3.31. The van der Waals surface area contributed by atoms with Crippen molar-refractivity contribution in [2.75, 3.05) is 23.8 Å². The van der Waals surface area contributed by atoms with Crippen LogP contribution in [0.1, 0.15) is 10.5 Å². The Morgan fingerprint density at radius 2 is 1.91 bits per heavy atom. The second-order valence-electron chi connectivity index (χ2n) is 4.63. The third-order valence-corrected chi connectivity index (χ3v) is 3.50. The van der Waals surface area contributed by atoms with Gasteiger partial charge >= 0.3 is 0 Å². The van der Waals surface area contributed by atoms with Crippen LogP contribution in [0.25, 0.3) is 0 Å². The number of rotatable bonds is 5. The molecule has 0 fully saturated rings. The van der Waals surface area contributed by atoms with Crippen molar-refractivity contribution in [3.05, 3.63) is 46.3 Å². The Morgan fingerprint density at radius 3 is 2.52 bits per heavy atom. The van der Waals surface area contributed by atoms with Gasteiger partial charge < -0.3 is 16.0 Å². The second-order valence-corrected chi connectivity index (χ2v) is 5.44. The third kappa shape index (κ3) is 4.30. The first-order valence-electron chi connectivity index (χ1n) is 6.45. The normalized spacial score (nSPS) is 10.2. The lowest BCUT2D eigenvalue weighted by Gasteiger charge is -2.18. The molecule has 0 aliphatic carbocycles. The van der Waals surface area contributed by atoms with Crippen LogP contribution >= 0.6 is 23.2 Å². The number of primary amides is 1. The van der Waals surface area contributed by atoms with Gasteiger partial charge in [-0.25, -0.2) is 4.98 Å². The molecule has 1 heterocycles. The number of anilines is 2. The number of nitrogens with one attached hydrogen (secondary N) is 1. The standard InChI is InChI=1S/C14H13Cl2N5O2/c1-21(11-6-18-5-10(19-11)14(17)23)7-12(22)20-13-8(15)3-2-4-9(13)16/h2-6H,7H2,1H3,(H2,17,23)(H,20,22). The highest BCUT2D eigenvalue weighted by Crippen LogP contribution is 2.29. The van der Waals surface area contributed by atoms with Crippen molar-refractivity contribution in [2.45, 2.75) is 0 Å². The van der Waals surface area contributed by atoms with Crippen LogP contribution in [-0.4, -0.2) is 35.4 Å². The monoisotopic (exact) mass is 353 g/mol. The highest BCUT2D eigenvalue weighted by atomic mass is 35.5. The van der Waals surface area contributed by atoms with Crippen LogP contribution < -0.4 is 16.0 Å². The lowest BCUT2D eigenvalue weighted by atomic mass is 10.3. The van der Waals surface area contributed by atoms with E-state index in [1.165, 1.54) is 17.3 Å². The molecule has 0 bridgehead atoms. The molecule has 3 N–H and O–H groups in total. The number of halogens is 2. The molecule has 9 heteroatoms. The maximum atomic E-state index is 12.1. The van der Waals surface area contributed by atoms with Gasteiger partial charge in [0.2, 0.25) is 5.91 Å². The van der Waals surface area contributed by atoms with Crippen molar-refractivity contribution in [2.24, 2.45) is 5.73 Å². The number of aromatic nitrogens is 2. The van der Waals surface area contributed by atoms with E-state index in [9.17, 15) is 9.59 Å². The van der Waals surface area contributed by atoms with E-state index in [2.05, 4.69) is 15.3 Å². The Hall–Kier alpha value is -2.38. The second kappa shape index (κ2) is 7.26. The van der Waals surface area contributed by atoms with Crippen molar-refractivity contribution >= 4 is 46.5 Å². The largest absolute Gasteiger partial charge is 0.364 e. The lowest BCUT2D eigenvalue weighted by Crippen LogP contribution is -2.31. The summed E-state index contributed by atoms with van der Waals surface area (Å²) in [6.07, 6.45) is 2.67. The molecule has 2 rings (SSSR count). The molecule has 23 heavy (non-hydrogen) atoms. The Bertz CT molecular complexity index is 733. The Kier molecular flexibility index (Phi) is 5.36. The lowest BCUT2D eigenvalue weighted by molar-refractivity contribution is -0.114. The average Bonchev–Trinajstić information content (AvgIpc) is 2.51. The van der Waals surface area contributed by atoms with E-state index in [0.717, 1.165) is 0 Å². The van der Waals surface area contributed by atoms with Gasteiger partial charge in [0.15, 0.2) is 0 Å². The molecule has 0 saturated carbocycles. The molecule has 0 spiro atoms. The molecule has 1 aromatic heterocycles. The fraction of sp³-hybridized carbons (Fsp3) is 0.143. The van der Waals surface area contributed by atoms with Crippen LogP contribution in [0.3, 0.4) is 0 Å². The Morgan fingerprint density at radius 1 is 1.26 bits per heavy atom. The first-order valence-corrected chi connectivity index (χ1v) is 7.21. The van der Waals surface area contributed by atoms with Crippen molar-refractivity contribution < 1.29 is 9.59 Å². The van der Waals surface area contributed by atoms with Gasteiger partial charge in [-0.05, 0) is 12.1 Å². The molecule has 0 radical (unpaired) electrons. The fourth-order valence-electron chi connectivity index (χ4n) is 1.75. The zero-order valence-corrected chi connectivity index (χ0v) is 13.6. The van der Waals surface area contributed by atoms with Crippen LogP contribution in [-0.2, 0) is 4.79 Å². The van der Waals surface area contributed by atoms with Gasteiger partial charge in [0, 0.05) is 7.05 Å². The van der Waals surface area contributed by atoms with E-state index in [1.807, 2.05) is 0 Å². The van der Waals surface area contributed by atoms with E-state index in [1.54, 1.807) is 25.2 Å². The Balaban J connectivity index is 2.08. The zero-order valence-electron chi connectivity index (χ0n) is 12.1. The van der Waals surface area contributed by atoms with Crippen molar-refractivity contribution in [3.63, 3.8) is 0 Å². The maximum Gasteiger partial charge on any atom is 0.268 e. The minimum Gasteiger partial charge on any atom is -0.364 e. The summed E-state index contributed by atoms with van der Waals surface area (Å²) in [5.74, 6) is -0.712. The number of nitrogens with zero attached hydrogens (tertiary/aromatic N) is 3. The molecule has 0 saturated heterocycles. The number of nitrogens with two attached hydrogens (primary N) is 1. The number of amides is 2. The molecule has 7 nitrogen and oxygen atoms in total. The van der Waals surface area contributed by atoms with E-state index in [4.69, 9.17) is 28.9 Å². The molecule has 120 valence electrons. The maximum absolute atomic E-state index is 12.1. The SMILES string of the molecule is CN(CC(=O)Nc1c(Cl)cccc1Cl)c1cncc(C(N)=O)n1. The summed E-state index contributed by atoms with van der Waals surface area (Å²) < 4.78 is 0. The predicted molar refractivity (Wildman–Crippen MR) is 88.9 cm³/mol. The van der Waals surface area contributed by atoms with Gasteiger partial charge in [-0.15, -0.1) is 0 Å². The first kappa shape index (κ1) is 17.0. The zero-order chi connectivity index (χ0) is 17.0. The molecule has 0 aliphatic rings. The van der Waals surface area contributed by atoms with Gasteiger partial charge in [0.1, 0.15) is 11.5 Å². The summed E-state index contributed by atoms with van der Waals surface area (Å²) in [4.78, 5) is 32.6. The van der Waals surface area contributed by atoms with Crippen molar-refractivity contribution in [1.82, 2.24) is 9.97 Å². The van der Waals surface area contributed by atoms with Crippen LogP contribution in [0.5, 0.6) is 0 Å². The van der Waals surface area contributed by atoms with Crippen LogP contribution in [0.15, 0.2) is 30.6 Å². The number of carbonyl (C=O) groups is 2. The van der Waals surface area contributed by atoms with Gasteiger partial charge in [0.25, 0.3) is 5.91 Å². The number of hydrogen-bond donors (Lipinski definition) is 2. The summed E-state index contributed by atoms with van der Waals surface area (Å²) in [5.41, 5.74) is 5.51. The number of hydrogen-bond acceptors (Lipinski definition) is 5. The number of para-hydroxylation sites is 1. The molecule has 0 atom stereocenters. The summed E-state index contributed by atoms with van der Waals surface area (Å²) in [7, 11) is 1.63. The van der Waals surface area contributed by atoms with Gasteiger partial charge in [-0.1, -0.05) is 29.3 Å². The quantitative estimate of drug-likeness (QED) is 0.855. The average molecular weight is 354 g/mol. The van der Waals surface area contributed by atoms with Gasteiger partial charge in [0.05, 0.1) is 34.7 Å². The van der Waals surface area contributed by atoms with Crippen molar-refractivity contribution in [1.29, 1.82) is 0 Å². The summed E-state index contributed by atoms with van der Waals surface area (Å²) in [6, 6.07) is 4.92. The highest BCUT2D eigenvalue weighted by Gasteiger charge is 2.14. The Labute approximate surface area is 142 Å². The van der Waals surface area contributed by atoms with Crippen molar-refractivity contribution in [3.8, 4) is 0 Å². The predicted octanol–water partition coefficient (Wildman–Crippen LogP) is 1.96. The number of carbonyl (C=O) groups excluding carboxylic acids is 2. The van der Waals surface area contributed by atoms with E-state index in [-0.39, 0.29) is 18.1 Å².